The summed E-state index contributed by atoms with van der Waals surface area (Å²) in [5, 5.41) is 3.07. The van der Waals surface area contributed by atoms with E-state index in [1.807, 2.05) is 30.3 Å². The van der Waals surface area contributed by atoms with Crippen molar-refractivity contribution in [1.29, 1.82) is 0 Å². The van der Waals surface area contributed by atoms with Crippen LogP contribution in [0.3, 0.4) is 0 Å². The smallest absolute Gasteiger partial charge is 0.327 e. The maximum Gasteiger partial charge on any atom is 0.327 e. The maximum absolute atomic E-state index is 12.0. The second-order valence-electron chi connectivity index (χ2n) is 5.22. The van der Waals surface area contributed by atoms with Gasteiger partial charge in [-0.25, -0.2) is 4.79 Å². The van der Waals surface area contributed by atoms with Crippen LogP contribution in [-0.2, 0) is 14.3 Å². The molecule has 0 spiro atoms. The van der Waals surface area contributed by atoms with Gasteiger partial charge in [-0.3, -0.25) is 10.1 Å². The van der Waals surface area contributed by atoms with Crippen LogP contribution in [0.1, 0.15) is 32.4 Å². The molecule has 1 aromatic rings. The van der Waals surface area contributed by atoms with Crippen molar-refractivity contribution in [2.24, 2.45) is 11.1 Å². The summed E-state index contributed by atoms with van der Waals surface area (Å²) in [6, 6.07) is 8.65. The molecule has 0 heterocycles. The fourth-order valence-corrected chi connectivity index (χ4v) is 1.65. The van der Waals surface area contributed by atoms with Gasteiger partial charge >= 0.3 is 5.97 Å². The molecule has 1 rings (SSSR count). The zero-order valence-corrected chi connectivity index (χ0v) is 12.2. The lowest BCUT2D eigenvalue weighted by atomic mass is 9.92. The monoisotopic (exact) mass is 278 g/mol. The van der Waals surface area contributed by atoms with Crippen LogP contribution in [0.15, 0.2) is 30.3 Å². The first-order valence-corrected chi connectivity index (χ1v) is 6.63. The molecule has 20 heavy (non-hydrogen) atoms. The Morgan fingerprint density at radius 3 is 2.40 bits per heavy atom. The van der Waals surface area contributed by atoms with Crippen LogP contribution >= 0.6 is 0 Å². The summed E-state index contributed by atoms with van der Waals surface area (Å²) < 4.78 is 5.07. The van der Waals surface area contributed by atoms with Gasteiger partial charge in [0.2, 0.25) is 5.91 Å². The number of amides is 1. The van der Waals surface area contributed by atoms with Crippen molar-refractivity contribution < 1.29 is 14.3 Å². The quantitative estimate of drug-likeness (QED) is 0.739. The predicted octanol–water partition coefficient (Wildman–Crippen LogP) is 1.39. The minimum absolute atomic E-state index is 0.292. The van der Waals surface area contributed by atoms with Gasteiger partial charge in [0.15, 0.2) is 0 Å². The van der Waals surface area contributed by atoms with E-state index >= 15 is 0 Å². The van der Waals surface area contributed by atoms with Crippen LogP contribution in [0.5, 0.6) is 0 Å². The molecule has 0 aromatic heterocycles. The lowest BCUT2D eigenvalue weighted by molar-refractivity contribution is -0.146. The van der Waals surface area contributed by atoms with E-state index < -0.39 is 17.4 Å². The number of nitrogens with two attached hydrogens (primary N) is 1. The fraction of sp³-hybridized carbons (Fsp3) is 0.467. The highest BCUT2D eigenvalue weighted by molar-refractivity contribution is 5.81. The van der Waals surface area contributed by atoms with Crippen molar-refractivity contribution in [2.45, 2.75) is 26.8 Å². The maximum atomic E-state index is 12.0. The van der Waals surface area contributed by atoms with E-state index in [1.54, 1.807) is 20.8 Å². The van der Waals surface area contributed by atoms with E-state index in [9.17, 15) is 9.59 Å². The second kappa shape index (κ2) is 7.05. The first kappa shape index (κ1) is 16.2. The molecule has 1 unspecified atom stereocenters. The molecule has 0 aliphatic rings. The number of hydrogen-bond acceptors (Lipinski definition) is 4. The van der Waals surface area contributed by atoms with Crippen LogP contribution in [0, 0.1) is 5.41 Å². The molecule has 0 saturated heterocycles. The topological polar surface area (TPSA) is 81.4 Å². The third kappa shape index (κ3) is 4.35. The normalized spacial score (nSPS) is 12.8. The summed E-state index contributed by atoms with van der Waals surface area (Å²) in [5.74, 6) is -0.778. The summed E-state index contributed by atoms with van der Waals surface area (Å²) >= 11 is 0. The number of ether oxygens (including phenoxy) is 1. The van der Waals surface area contributed by atoms with Gasteiger partial charge in [-0.15, -0.1) is 0 Å². The van der Waals surface area contributed by atoms with Crippen LogP contribution in [0.25, 0.3) is 0 Å². The van der Waals surface area contributed by atoms with Crippen LogP contribution < -0.4 is 11.1 Å². The summed E-state index contributed by atoms with van der Waals surface area (Å²) in [7, 11) is 0. The third-order valence-corrected chi connectivity index (χ3v) is 3.07. The molecule has 5 nitrogen and oxygen atoms in total. The highest BCUT2D eigenvalue weighted by Crippen LogP contribution is 2.18. The molecule has 1 aromatic carbocycles. The summed E-state index contributed by atoms with van der Waals surface area (Å²) in [5.41, 5.74) is 5.40. The highest BCUT2D eigenvalue weighted by Gasteiger charge is 2.29. The zero-order chi connectivity index (χ0) is 15.2. The Morgan fingerprint density at radius 2 is 1.90 bits per heavy atom. The third-order valence-electron chi connectivity index (χ3n) is 3.07. The lowest BCUT2D eigenvalue weighted by Gasteiger charge is -2.25. The molecule has 0 radical (unpaired) electrons. The van der Waals surface area contributed by atoms with Gasteiger partial charge in [0.25, 0.3) is 0 Å². The Kier molecular flexibility index (Phi) is 5.70. The van der Waals surface area contributed by atoms with Gasteiger partial charge in [0.1, 0.15) is 6.04 Å². The Labute approximate surface area is 119 Å². The van der Waals surface area contributed by atoms with Gasteiger partial charge < -0.3 is 10.5 Å². The number of rotatable bonds is 7. The van der Waals surface area contributed by atoms with Crippen molar-refractivity contribution in [3.8, 4) is 0 Å². The molecular weight excluding hydrogens is 256 g/mol. The summed E-state index contributed by atoms with van der Waals surface area (Å²) in [6.07, 6.45) is 0. The Balaban J connectivity index is 2.85. The Bertz CT molecular complexity index is 457. The number of benzene rings is 1. The van der Waals surface area contributed by atoms with Gasteiger partial charge in [-0.05, 0) is 26.3 Å². The summed E-state index contributed by atoms with van der Waals surface area (Å²) in [4.78, 5) is 23.4. The van der Waals surface area contributed by atoms with E-state index in [4.69, 9.17) is 10.5 Å². The average Bonchev–Trinajstić information content (AvgIpc) is 2.40. The molecule has 3 N–H and O–H groups in total. The second-order valence-corrected chi connectivity index (χ2v) is 5.22. The van der Waals surface area contributed by atoms with Crippen molar-refractivity contribution in [3.63, 3.8) is 0 Å². The lowest BCUT2D eigenvalue weighted by Crippen LogP contribution is -2.43. The highest BCUT2D eigenvalue weighted by atomic mass is 16.5. The number of esters is 1. The molecule has 0 saturated carbocycles. The molecule has 0 aliphatic heterocycles. The Morgan fingerprint density at radius 1 is 1.30 bits per heavy atom. The van der Waals surface area contributed by atoms with Gasteiger partial charge in [0, 0.05) is 6.54 Å². The first-order valence-electron chi connectivity index (χ1n) is 6.63. The molecule has 0 fully saturated rings. The van der Waals surface area contributed by atoms with E-state index in [-0.39, 0.29) is 5.97 Å². The SMILES string of the molecule is CCOC(=O)C(NCC(C)(C)C(N)=O)c1ccccc1. The van der Waals surface area contributed by atoms with E-state index in [0.717, 1.165) is 5.56 Å². The summed E-state index contributed by atoms with van der Waals surface area (Å²) in [6.45, 7) is 5.82. The van der Waals surface area contributed by atoms with E-state index in [2.05, 4.69) is 5.32 Å². The number of primary amides is 1. The van der Waals surface area contributed by atoms with Crippen LogP contribution in [-0.4, -0.2) is 25.0 Å². The molecular formula is C15H22N2O3. The number of carbonyl (C=O) groups excluding carboxylic acids is 2. The number of carbonyl (C=O) groups is 2. The fourth-order valence-electron chi connectivity index (χ4n) is 1.65. The molecule has 1 atom stereocenters. The standard InChI is InChI=1S/C15H22N2O3/c1-4-20-13(18)12(11-8-6-5-7-9-11)17-10-15(2,3)14(16)19/h5-9,12,17H,4,10H2,1-3H3,(H2,16,19). The van der Waals surface area contributed by atoms with E-state index in [0.29, 0.717) is 13.2 Å². The van der Waals surface area contributed by atoms with Gasteiger partial charge in [0.05, 0.1) is 12.0 Å². The number of hydrogen-bond donors (Lipinski definition) is 2. The van der Waals surface area contributed by atoms with Crippen molar-refractivity contribution in [2.75, 3.05) is 13.2 Å². The zero-order valence-electron chi connectivity index (χ0n) is 12.2. The van der Waals surface area contributed by atoms with Crippen LogP contribution in [0.4, 0.5) is 0 Å². The predicted molar refractivity (Wildman–Crippen MR) is 76.8 cm³/mol. The van der Waals surface area contributed by atoms with E-state index in [1.165, 1.54) is 0 Å². The molecule has 5 heteroatoms. The van der Waals surface area contributed by atoms with Crippen molar-refractivity contribution in [3.05, 3.63) is 35.9 Å². The minimum atomic E-state index is -0.737. The van der Waals surface area contributed by atoms with Gasteiger partial charge in [-0.2, -0.15) is 0 Å². The molecule has 1 amide bonds. The van der Waals surface area contributed by atoms with Crippen molar-refractivity contribution >= 4 is 11.9 Å². The molecule has 0 bridgehead atoms. The average molecular weight is 278 g/mol. The largest absolute Gasteiger partial charge is 0.465 e. The van der Waals surface area contributed by atoms with Crippen LogP contribution in [0.2, 0.25) is 0 Å². The minimum Gasteiger partial charge on any atom is -0.465 e. The Hall–Kier alpha value is -1.88. The number of nitrogens with one attached hydrogen (secondary N) is 1. The first-order chi connectivity index (χ1) is 9.38. The molecule has 110 valence electrons. The molecule has 0 aliphatic carbocycles. The van der Waals surface area contributed by atoms with Crippen molar-refractivity contribution in [1.82, 2.24) is 5.32 Å². The van der Waals surface area contributed by atoms with Gasteiger partial charge in [-0.1, -0.05) is 30.3 Å².